The van der Waals surface area contributed by atoms with Crippen LogP contribution in [0.3, 0.4) is 0 Å². The normalized spacial score (nSPS) is 30.2. The molecule has 2 fully saturated rings. The summed E-state index contributed by atoms with van der Waals surface area (Å²) in [7, 11) is -1.82. The van der Waals surface area contributed by atoms with Crippen LogP contribution < -0.4 is 5.73 Å². The average Bonchev–Trinajstić information content (AvgIpc) is 3.35. The second-order valence-electron chi connectivity index (χ2n) is 7.53. The molecule has 6 atom stereocenters. The fourth-order valence-corrected chi connectivity index (χ4v) is 5.06. The van der Waals surface area contributed by atoms with Crippen LogP contribution >= 0.6 is 20.2 Å². The Hall–Kier alpha value is -2.02. The molecule has 0 spiro atoms. The molecule has 1 unspecified atom stereocenters. The molecule has 2 aromatic heterocycles. The first-order valence-corrected chi connectivity index (χ1v) is 11.5. The largest absolute Gasteiger partial charge is 0.387 e. The number of hydrogen-bond acceptors (Lipinski definition) is 10. The van der Waals surface area contributed by atoms with Crippen molar-refractivity contribution in [3.05, 3.63) is 47.3 Å². The van der Waals surface area contributed by atoms with E-state index in [1.54, 1.807) is 12.1 Å². The number of aromatic nitrogens is 4. The molecule has 5 rings (SSSR count). The number of aliphatic hydroxyl groups excluding tert-OH is 2. The zero-order valence-corrected chi connectivity index (χ0v) is 18.6. The predicted molar refractivity (Wildman–Crippen MR) is 114 cm³/mol. The van der Waals surface area contributed by atoms with Gasteiger partial charge in [0, 0.05) is 17.0 Å². The number of ether oxygens (including phenoxy) is 1. The number of nitrogens with two attached hydrogens (primary N) is 1. The molecule has 4 N–H and O–H groups in total. The molecule has 2 saturated heterocycles. The maximum absolute atomic E-state index is 14.3. The lowest BCUT2D eigenvalue weighted by molar-refractivity contribution is -0.0530. The number of fused-ring (bicyclic) bond motifs is 1. The highest BCUT2D eigenvalue weighted by atomic mass is 35.5. The fraction of sp³-hybridized carbons (Fsp3) is 0.421. The van der Waals surface area contributed by atoms with E-state index in [-0.39, 0.29) is 12.4 Å². The van der Waals surface area contributed by atoms with Crippen molar-refractivity contribution in [1.29, 1.82) is 0 Å². The van der Waals surface area contributed by atoms with Crippen LogP contribution in [0.4, 0.5) is 10.2 Å². The number of anilines is 1. The van der Waals surface area contributed by atoms with E-state index in [2.05, 4.69) is 15.0 Å². The Morgan fingerprint density at radius 3 is 2.94 bits per heavy atom. The standard InChI is InChI=1S/C19H20ClFN5O6P/c20-9-1-2-10(11(21)5-9)12-3-4-29-33(32-12)30-6-13-15(27)16(28)19(31-13)26-8-25-14-17(22)23-7-24-18(14)26/h1-2,5,7-8,12-13,15-16,19,27-28H,3-4,6H2,(H2,22,23,24)/t12-,13+,15+,16+,19+,33?/m0/s1. The number of hydrogen-bond donors (Lipinski definition) is 3. The quantitative estimate of drug-likeness (QED) is 0.446. The molecule has 0 amide bonds. The summed E-state index contributed by atoms with van der Waals surface area (Å²) in [6, 6.07) is 4.38. The maximum Gasteiger partial charge on any atom is 0.333 e. The number of aliphatic hydroxyl groups is 2. The summed E-state index contributed by atoms with van der Waals surface area (Å²) in [5, 5.41) is 21.3. The minimum atomic E-state index is -1.82. The predicted octanol–water partition coefficient (Wildman–Crippen LogP) is 2.24. The second-order valence-corrected chi connectivity index (χ2v) is 9.14. The molecule has 33 heavy (non-hydrogen) atoms. The molecule has 0 bridgehead atoms. The van der Waals surface area contributed by atoms with E-state index in [0.717, 1.165) is 0 Å². The number of halogens is 2. The number of benzene rings is 1. The summed E-state index contributed by atoms with van der Waals surface area (Å²) >= 11 is 5.82. The van der Waals surface area contributed by atoms with Crippen LogP contribution in [0.1, 0.15) is 24.3 Å². The third-order valence-corrected chi connectivity index (χ3v) is 6.86. The molecule has 0 saturated carbocycles. The summed E-state index contributed by atoms with van der Waals surface area (Å²) < 4.78 is 38.5. The third-order valence-electron chi connectivity index (χ3n) is 5.44. The SMILES string of the molecule is Nc1ncnc2c1ncn2[C@@H]1O[C@H](COP2OCC[C@@H](c3ccc(Cl)cc3F)O2)[C@@H](O)[C@H]1O. The third kappa shape index (κ3) is 4.41. The monoisotopic (exact) mass is 499 g/mol. The lowest BCUT2D eigenvalue weighted by Gasteiger charge is -2.29. The van der Waals surface area contributed by atoms with Crippen LogP contribution in [-0.4, -0.2) is 61.3 Å². The molecule has 14 heteroatoms. The molecule has 0 radical (unpaired) electrons. The Morgan fingerprint density at radius 2 is 2.12 bits per heavy atom. The maximum atomic E-state index is 14.3. The van der Waals surface area contributed by atoms with Gasteiger partial charge in [0.05, 0.1) is 25.6 Å². The van der Waals surface area contributed by atoms with E-state index >= 15 is 0 Å². The summed E-state index contributed by atoms with van der Waals surface area (Å²) in [5.74, 6) is -0.283. The van der Waals surface area contributed by atoms with Crippen LogP contribution in [0.2, 0.25) is 5.02 Å². The topological polar surface area (TPSA) is 147 Å². The Bertz CT molecular complexity index is 1160. The van der Waals surface area contributed by atoms with Crippen LogP contribution in [0.25, 0.3) is 11.2 Å². The minimum Gasteiger partial charge on any atom is -0.387 e. The van der Waals surface area contributed by atoms with Gasteiger partial charge >= 0.3 is 8.60 Å². The lowest BCUT2D eigenvalue weighted by Crippen LogP contribution is -2.33. The second kappa shape index (κ2) is 9.32. The fourth-order valence-electron chi connectivity index (χ4n) is 3.75. The van der Waals surface area contributed by atoms with Gasteiger partial charge in [-0.2, -0.15) is 0 Å². The van der Waals surface area contributed by atoms with Crippen molar-refractivity contribution in [2.24, 2.45) is 0 Å². The van der Waals surface area contributed by atoms with Gasteiger partial charge in [-0.1, -0.05) is 17.7 Å². The number of imidazole rings is 1. The first kappa shape index (κ1) is 22.8. The zero-order chi connectivity index (χ0) is 23.1. The van der Waals surface area contributed by atoms with Crippen molar-refractivity contribution in [1.82, 2.24) is 19.5 Å². The van der Waals surface area contributed by atoms with Crippen molar-refractivity contribution in [3.8, 4) is 0 Å². The van der Waals surface area contributed by atoms with E-state index in [1.165, 1.54) is 23.3 Å². The van der Waals surface area contributed by atoms with E-state index in [4.69, 9.17) is 35.6 Å². The highest BCUT2D eigenvalue weighted by Crippen LogP contribution is 2.50. The van der Waals surface area contributed by atoms with Crippen LogP contribution in [0.15, 0.2) is 30.9 Å². The Kier molecular flexibility index (Phi) is 6.43. The van der Waals surface area contributed by atoms with Crippen LogP contribution in [0, 0.1) is 5.82 Å². The van der Waals surface area contributed by atoms with E-state index in [0.29, 0.717) is 34.8 Å². The van der Waals surface area contributed by atoms with Crippen molar-refractivity contribution < 1.29 is 32.9 Å². The van der Waals surface area contributed by atoms with Gasteiger partial charge < -0.3 is 34.3 Å². The van der Waals surface area contributed by atoms with Gasteiger partial charge in [-0.3, -0.25) is 4.57 Å². The molecule has 176 valence electrons. The average molecular weight is 500 g/mol. The Balaban J connectivity index is 1.24. The summed E-state index contributed by atoms with van der Waals surface area (Å²) in [5.41, 5.74) is 6.88. The molecule has 2 aliphatic heterocycles. The number of nitrogen functional groups attached to an aromatic ring is 1. The molecule has 11 nitrogen and oxygen atoms in total. The van der Waals surface area contributed by atoms with Gasteiger partial charge in [-0.25, -0.2) is 19.3 Å². The highest BCUT2D eigenvalue weighted by molar-refractivity contribution is 7.41. The molecular formula is C19H20ClFN5O6P. The van der Waals surface area contributed by atoms with Crippen LogP contribution in [0.5, 0.6) is 0 Å². The molecule has 1 aromatic carbocycles. The van der Waals surface area contributed by atoms with E-state index < -0.39 is 45.1 Å². The van der Waals surface area contributed by atoms with Crippen molar-refractivity contribution >= 4 is 37.2 Å². The van der Waals surface area contributed by atoms with Gasteiger partial charge in [0.1, 0.15) is 36.0 Å². The first-order valence-electron chi connectivity index (χ1n) is 10.0. The van der Waals surface area contributed by atoms with Gasteiger partial charge in [0.2, 0.25) is 0 Å². The van der Waals surface area contributed by atoms with Crippen molar-refractivity contribution in [3.63, 3.8) is 0 Å². The Morgan fingerprint density at radius 1 is 1.27 bits per heavy atom. The lowest BCUT2D eigenvalue weighted by atomic mass is 10.1. The van der Waals surface area contributed by atoms with E-state index in [1.807, 2.05) is 0 Å². The summed E-state index contributed by atoms with van der Waals surface area (Å²) in [6.07, 6.45) is -1.81. The van der Waals surface area contributed by atoms with Gasteiger partial charge in [-0.05, 0) is 12.1 Å². The first-order chi connectivity index (χ1) is 15.9. The van der Waals surface area contributed by atoms with Crippen molar-refractivity contribution in [2.45, 2.75) is 37.1 Å². The smallest absolute Gasteiger partial charge is 0.333 e. The van der Waals surface area contributed by atoms with Gasteiger partial charge in [0.15, 0.2) is 17.7 Å². The highest BCUT2D eigenvalue weighted by Gasteiger charge is 2.45. The van der Waals surface area contributed by atoms with E-state index in [9.17, 15) is 14.6 Å². The van der Waals surface area contributed by atoms with Gasteiger partial charge in [-0.15, -0.1) is 0 Å². The number of rotatable bonds is 5. The van der Waals surface area contributed by atoms with Crippen molar-refractivity contribution in [2.75, 3.05) is 18.9 Å². The Labute approximate surface area is 193 Å². The summed E-state index contributed by atoms with van der Waals surface area (Å²) in [4.78, 5) is 12.2. The molecule has 3 aromatic rings. The zero-order valence-electron chi connectivity index (χ0n) is 17.0. The molecule has 0 aliphatic carbocycles. The molecule has 2 aliphatic rings. The van der Waals surface area contributed by atoms with Gasteiger partial charge in [0.25, 0.3) is 0 Å². The van der Waals surface area contributed by atoms with Crippen LogP contribution in [-0.2, 0) is 18.3 Å². The summed E-state index contributed by atoms with van der Waals surface area (Å²) in [6.45, 7) is 0.180. The number of nitrogens with zero attached hydrogens (tertiary/aromatic N) is 4. The minimum absolute atomic E-state index is 0.125. The molecule has 4 heterocycles. The molecular weight excluding hydrogens is 480 g/mol.